The molecular formula is C19H14N4O. The van der Waals surface area contributed by atoms with Gasteiger partial charge in [-0.1, -0.05) is 36.4 Å². The van der Waals surface area contributed by atoms with Gasteiger partial charge in [-0.05, 0) is 29.8 Å². The lowest BCUT2D eigenvalue weighted by molar-refractivity contribution is 0.102. The Morgan fingerprint density at radius 1 is 0.875 bits per heavy atom. The Bertz CT molecular complexity index is 1000. The van der Waals surface area contributed by atoms with Crippen molar-refractivity contribution in [1.82, 2.24) is 15.0 Å². The SMILES string of the molecule is O=C(Nc1cccc2nccnc12)c1ccc(-c2ccccc2)[nH]1. The molecule has 0 saturated heterocycles. The summed E-state index contributed by atoms with van der Waals surface area (Å²) in [7, 11) is 0. The molecular weight excluding hydrogens is 300 g/mol. The first-order valence-electron chi connectivity index (χ1n) is 7.57. The zero-order valence-corrected chi connectivity index (χ0v) is 12.7. The minimum absolute atomic E-state index is 0.213. The van der Waals surface area contributed by atoms with Crippen molar-refractivity contribution in [2.75, 3.05) is 5.32 Å². The van der Waals surface area contributed by atoms with E-state index in [4.69, 9.17) is 0 Å². The van der Waals surface area contributed by atoms with Crippen molar-refractivity contribution in [3.05, 3.63) is 78.8 Å². The molecule has 0 aliphatic rings. The summed E-state index contributed by atoms with van der Waals surface area (Å²) in [6.45, 7) is 0. The van der Waals surface area contributed by atoms with Gasteiger partial charge in [0.2, 0.25) is 0 Å². The van der Waals surface area contributed by atoms with Crippen LogP contribution < -0.4 is 5.32 Å². The smallest absolute Gasteiger partial charge is 0.272 e. The van der Waals surface area contributed by atoms with Gasteiger partial charge in [0.05, 0.1) is 11.2 Å². The summed E-state index contributed by atoms with van der Waals surface area (Å²) in [4.78, 5) is 24.2. The highest BCUT2D eigenvalue weighted by Crippen LogP contribution is 2.21. The van der Waals surface area contributed by atoms with E-state index in [1.165, 1.54) is 0 Å². The number of hydrogen-bond acceptors (Lipinski definition) is 3. The van der Waals surface area contributed by atoms with Crippen LogP contribution in [0.3, 0.4) is 0 Å². The molecule has 2 aromatic carbocycles. The van der Waals surface area contributed by atoms with Gasteiger partial charge in [-0.25, -0.2) is 0 Å². The molecule has 0 aliphatic heterocycles. The van der Waals surface area contributed by atoms with Crippen molar-refractivity contribution >= 4 is 22.6 Å². The molecule has 0 unspecified atom stereocenters. The average Bonchev–Trinajstić information content (AvgIpc) is 3.13. The van der Waals surface area contributed by atoms with E-state index >= 15 is 0 Å². The highest BCUT2D eigenvalue weighted by molar-refractivity contribution is 6.07. The Kier molecular flexibility index (Phi) is 3.51. The van der Waals surface area contributed by atoms with Crippen LogP contribution in [0.2, 0.25) is 0 Å². The first-order valence-corrected chi connectivity index (χ1v) is 7.57. The molecule has 0 aliphatic carbocycles. The number of hydrogen-bond donors (Lipinski definition) is 2. The van der Waals surface area contributed by atoms with E-state index in [2.05, 4.69) is 20.3 Å². The fourth-order valence-electron chi connectivity index (χ4n) is 2.60. The third-order valence-corrected chi connectivity index (χ3v) is 3.76. The number of amides is 1. The van der Waals surface area contributed by atoms with Crippen LogP contribution in [-0.2, 0) is 0 Å². The summed E-state index contributed by atoms with van der Waals surface area (Å²) < 4.78 is 0. The van der Waals surface area contributed by atoms with Crippen molar-refractivity contribution in [1.29, 1.82) is 0 Å². The zero-order valence-electron chi connectivity index (χ0n) is 12.7. The van der Waals surface area contributed by atoms with Crippen LogP contribution in [0.25, 0.3) is 22.3 Å². The van der Waals surface area contributed by atoms with Crippen molar-refractivity contribution in [2.24, 2.45) is 0 Å². The van der Waals surface area contributed by atoms with Gasteiger partial charge in [-0.15, -0.1) is 0 Å². The minimum Gasteiger partial charge on any atom is -0.351 e. The van der Waals surface area contributed by atoms with Crippen LogP contribution >= 0.6 is 0 Å². The number of fused-ring (bicyclic) bond motifs is 1. The van der Waals surface area contributed by atoms with Crippen molar-refractivity contribution in [3.8, 4) is 11.3 Å². The highest BCUT2D eigenvalue weighted by atomic mass is 16.1. The first-order chi connectivity index (χ1) is 11.8. The van der Waals surface area contributed by atoms with Gasteiger partial charge in [0.1, 0.15) is 11.2 Å². The van der Waals surface area contributed by atoms with Crippen LogP contribution in [0.1, 0.15) is 10.5 Å². The van der Waals surface area contributed by atoms with E-state index < -0.39 is 0 Å². The summed E-state index contributed by atoms with van der Waals surface area (Å²) in [5, 5.41) is 2.89. The van der Waals surface area contributed by atoms with E-state index in [0.717, 1.165) is 16.8 Å². The lowest BCUT2D eigenvalue weighted by Gasteiger charge is -2.06. The van der Waals surface area contributed by atoms with Crippen LogP contribution in [0.4, 0.5) is 5.69 Å². The van der Waals surface area contributed by atoms with E-state index in [0.29, 0.717) is 16.9 Å². The Labute approximate surface area is 138 Å². The summed E-state index contributed by atoms with van der Waals surface area (Å²) in [6.07, 6.45) is 3.24. The van der Waals surface area contributed by atoms with E-state index in [1.54, 1.807) is 18.5 Å². The number of aromatic amines is 1. The third kappa shape index (κ3) is 2.63. The molecule has 0 radical (unpaired) electrons. The number of anilines is 1. The molecule has 5 heteroatoms. The van der Waals surface area contributed by atoms with Gasteiger partial charge in [0, 0.05) is 18.1 Å². The Morgan fingerprint density at radius 3 is 2.58 bits per heavy atom. The lowest BCUT2D eigenvalue weighted by Crippen LogP contribution is -2.12. The summed E-state index contributed by atoms with van der Waals surface area (Å²) in [6, 6.07) is 19.1. The zero-order chi connectivity index (χ0) is 16.4. The fraction of sp³-hybridized carbons (Fsp3) is 0. The molecule has 0 bridgehead atoms. The van der Waals surface area contributed by atoms with Gasteiger partial charge in [0.15, 0.2) is 0 Å². The maximum Gasteiger partial charge on any atom is 0.272 e. The van der Waals surface area contributed by atoms with Gasteiger partial charge in [-0.2, -0.15) is 0 Å². The van der Waals surface area contributed by atoms with Crippen LogP contribution in [0.15, 0.2) is 73.1 Å². The molecule has 1 amide bonds. The Hall–Kier alpha value is -3.47. The molecule has 4 rings (SSSR count). The number of para-hydroxylation sites is 1. The molecule has 5 nitrogen and oxygen atoms in total. The topological polar surface area (TPSA) is 70.7 Å². The second-order valence-corrected chi connectivity index (χ2v) is 5.34. The summed E-state index contributed by atoms with van der Waals surface area (Å²) >= 11 is 0. The molecule has 2 aromatic heterocycles. The molecule has 2 heterocycles. The monoisotopic (exact) mass is 314 g/mol. The second kappa shape index (κ2) is 5.96. The Morgan fingerprint density at radius 2 is 1.71 bits per heavy atom. The highest BCUT2D eigenvalue weighted by Gasteiger charge is 2.11. The minimum atomic E-state index is -0.213. The van der Waals surface area contributed by atoms with Gasteiger partial charge in [0.25, 0.3) is 5.91 Å². The van der Waals surface area contributed by atoms with Crippen molar-refractivity contribution < 1.29 is 4.79 Å². The summed E-state index contributed by atoms with van der Waals surface area (Å²) in [5.74, 6) is -0.213. The molecule has 4 aromatic rings. The predicted octanol–water partition coefficient (Wildman–Crippen LogP) is 3.88. The third-order valence-electron chi connectivity index (χ3n) is 3.76. The van der Waals surface area contributed by atoms with Crippen molar-refractivity contribution in [3.63, 3.8) is 0 Å². The number of nitrogens with one attached hydrogen (secondary N) is 2. The number of aromatic nitrogens is 3. The molecule has 24 heavy (non-hydrogen) atoms. The van der Waals surface area contributed by atoms with E-state index in [1.807, 2.05) is 54.6 Å². The number of nitrogens with zero attached hydrogens (tertiary/aromatic N) is 2. The maximum atomic E-state index is 12.5. The van der Waals surface area contributed by atoms with Gasteiger partial charge in [-0.3, -0.25) is 14.8 Å². The number of rotatable bonds is 3. The molecule has 0 saturated carbocycles. The first kappa shape index (κ1) is 14.1. The number of carbonyl (C=O) groups is 1. The van der Waals surface area contributed by atoms with Gasteiger partial charge >= 0.3 is 0 Å². The standard InChI is InChI=1S/C19H14N4O/c24-19(17-10-9-14(22-17)13-5-2-1-3-6-13)23-16-8-4-7-15-18(16)21-12-11-20-15/h1-12,22H,(H,23,24). The number of H-pyrrole nitrogens is 1. The second-order valence-electron chi connectivity index (χ2n) is 5.34. The molecule has 2 N–H and O–H groups in total. The maximum absolute atomic E-state index is 12.5. The van der Waals surface area contributed by atoms with Crippen LogP contribution in [0.5, 0.6) is 0 Å². The van der Waals surface area contributed by atoms with Crippen LogP contribution in [0, 0.1) is 0 Å². The fourth-order valence-corrected chi connectivity index (χ4v) is 2.60. The van der Waals surface area contributed by atoms with Crippen LogP contribution in [-0.4, -0.2) is 20.9 Å². The summed E-state index contributed by atoms with van der Waals surface area (Å²) in [5.41, 5.74) is 4.48. The number of carbonyl (C=O) groups excluding carboxylic acids is 1. The molecule has 0 atom stereocenters. The average molecular weight is 314 g/mol. The quantitative estimate of drug-likeness (QED) is 0.603. The van der Waals surface area contributed by atoms with Crippen molar-refractivity contribution in [2.45, 2.75) is 0 Å². The molecule has 0 spiro atoms. The number of benzene rings is 2. The lowest BCUT2D eigenvalue weighted by atomic mass is 10.2. The van der Waals surface area contributed by atoms with Gasteiger partial charge < -0.3 is 10.3 Å². The molecule has 116 valence electrons. The van der Waals surface area contributed by atoms with E-state index in [-0.39, 0.29) is 5.91 Å². The largest absolute Gasteiger partial charge is 0.351 e. The Balaban J connectivity index is 1.62. The normalized spacial score (nSPS) is 10.7. The predicted molar refractivity (Wildman–Crippen MR) is 93.7 cm³/mol. The van der Waals surface area contributed by atoms with E-state index in [9.17, 15) is 4.79 Å². The molecule has 0 fully saturated rings.